The number of thiophene rings is 1. The van der Waals surface area contributed by atoms with Crippen LogP contribution in [0.1, 0.15) is 49.2 Å². The van der Waals surface area contributed by atoms with Crippen molar-refractivity contribution in [1.29, 1.82) is 0 Å². The number of likely N-dealkylation sites (tertiary alicyclic amines) is 1. The number of Topliss-reactive ketones (excluding diaryl/α,β-unsaturated/α-hetero) is 1. The Kier molecular flexibility index (Phi) is 4.00. The van der Waals surface area contributed by atoms with E-state index >= 15 is 0 Å². The first-order valence-corrected chi connectivity index (χ1v) is 7.46. The lowest BCUT2D eigenvalue weighted by atomic mass is 9.85. The molecule has 0 atom stereocenters. The third kappa shape index (κ3) is 2.18. The van der Waals surface area contributed by atoms with Crippen molar-refractivity contribution in [3.63, 3.8) is 0 Å². The molecule has 3 heteroatoms. The van der Waals surface area contributed by atoms with Gasteiger partial charge in [0, 0.05) is 0 Å². The Labute approximate surface area is 108 Å². The van der Waals surface area contributed by atoms with Gasteiger partial charge in [-0.25, -0.2) is 0 Å². The van der Waals surface area contributed by atoms with Crippen LogP contribution < -0.4 is 0 Å². The molecular weight excluding hydrogens is 230 g/mol. The molecule has 2 nitrogen and oxygen atoms in total. The average Bonchev–Trinajstić information content (AvgIpc) is 3.04. The summed E-state index contributed by atoms with van der Waals surface area (Å²) in [6.45, 7) is 6.46. The molecule has 0 unspecified atom stereocenters. The van der Waals surface area contributed by atoms with E-state index in [2.05, 4.69) is 18.7 Å². The van der Waals surface area contributed by atoms with Crippen molar-refractivity contribution in [3.8, 4) is 0 Å². The number of rotatable bonds is 5. The van der Waals surface area contributed by atoms with Gasteiger partial charge in [-0.05, 0) is 50.2 Å². The van der Waals surface area contributed by atoms with E-state index in [-0.39, 0.29) is 5.54 Å². The number of hydrogen-bond donors (Lipinski definition) is 0. The fraction of sp³-hybridized carbons (Fsp3) is 0.643. The second-order valence-corrected chi connectivity index (χ2v) is 5.69. The van der Waals surface area contributed by atoms with Crippen molar-refractivity contribution >= 4 is 17.1 Å². The Bertz CT molecular complexity index is 362. The molecule has 0 saturated carbocycles. The molecule has 1 aliphatic rings. The van der Waals surface area contributed by atoms with Crippen LogP contribution in [-0.4, -0.2) is 29.3 Å². The average molecular weight is 251 g/mol. The van der Waals surface area contributed by atoms with Crippen LogP contribution in [0, 0.1) is 0 Å². The third-order valence-corrected chi connectivity index (χ3v) is 4.92. The van der Waals surface area contributed by atoms with Gasteiger partial charge < -0.3 is 0 Å². The quantitative estimate of drug-likeness (QED) is 0.745. The first-order chi connectivity index (χ1) is 8.24. The van der Waals surface area contributed by atoms with E-state index in [1.54, 1.807) is 11.3 Å². The summed E-state index contributed by atoms with van der Waals surface area (Å²) < 4.78 is 0. The van der Waals surface area contributed by atoms with E-state index in [1.165, 1.54) is 12.8 Å². The van der Waals surface area contributed by atoms with Crippen LogP contribution in [-0.2, 0) is 0 Å². The molecule has 0 radical (unpaired) electrons. The highest BCUT2D eigenvalue weighted by Gasteiger charge is 2.42. The van der Waals surface area contributed by atoms with Crippen molar-refractivity contribution in [2.45, 2.75) is 45.1 Å². The van der Waals surface area contributed by atoms with Crippen LogP contribution in [0.15, 0.2) is 17.5 Å². The van der Waals surface area contributed by atoms with Gasteiger partial charge in [0.05, 0.1) is 10.4 Å². The summed E-state index contributed by atoms with van der Waals surface area (Å²) in [7, 11) is 0. The third-order valence-electron chi connectivity index (χ3n) is 4.05. The molecule has 1 aliphatic heterocycles. The predicted octanol–water partition coefficient (Wildman–Crippen LogP) is 3.59. The predicted molar refractivity (Wildman–Crippen MR) is 72.8 cm³/mol. The fourth-order valence-electron chi connectivity index (χ4n) is 2.94. The van der Waals surface area contributed by atoms with Crippen LogP contribution in [0.5, 0.6) is 0 Å². The minimum Gasteiger partial charge on any atom is -0.291 e. The van der Waals surface area contributed by atoms with Crippen LogP contribution in [0.3, 0.4) is 0 Å². The summed E-state index contributed by atoms with van der Waals surface area (Å²) in [5.41, 5.74) is -0.249. The summed E-state index contributed by atoms with van der Waals surface area (Å²) in [6, 6.07) is 3.93. The molecule has 0 bridgehead atoms. The molecule has 0 aromatic carbocycles. The van der Waals surface area contributed by atoms with E-state index in [9.17, 15) is 4.79 Å². The number of carbonyl (C=O) groups excluding carboxylic acids is 1. The highest BCUT2D eigenvalue weighted by atomic mass is 32.1. The van der Waals surface area contributed by atoms with E-state index in [4.69, 9.17) is 0 Å². The number of hydrogen-bond acceptors (Lipinski definition) is 3. The Morgan fingerprint density at radius 1 is 1.35 bits per heavy atom. The molecule has 0 amide bonds. The lowest BCUT2D eigenvalue weighted by Crippen LogP contribution is -2.52. The summed E-state index contributed by atoms with van der Waals surface area (Å²) in [5, 5.41) is 1.99. The smallest absolute Gasteiger partial charge is 0.192 e. The molecule has 1 aromatic rings. The maximum absolute atomic E-state index is 12.7. The van der Waals surface area contributed by atoms with Crippen LogP contribution in [0.4, 0.5) is 0 Å². The van der Waals surface area contributed by atoms with Gasteiger partial charge in [-0.2, -0.15) is 0 Å². The highest BCUT2D eigenvalue weighted by Crippen LogP contribution is 2.32. The van der Waals surface area contributed by atoms with Crippen molar-refractivity contribution in [2.24, 2.45) is 0 Å². The summed E-state index contributed by atoms with van der Waals surface area (Å²) >= 11 is 1.57. The zero-order valence-corrected chi connectivity index (χ0v) is 11.6. The Morgan fingerprint density at radius 2 is 2.00 bits per heavy atom. The van der Waals surface area contributed by atoms with Gasteiger partial charge in [-0.1, -0.05) is 19.9 Å². The molecule has 1 fully saturated rings. The second kappa shape index (κ2) is 5.32. The maximum Gasteiger partial charge on any atom is 0.192 e. The van der Waals surface area contributed by atoms with Gasteiger partial charge in [0.25, 0.3) is 0 Å². The molecule has 1 aromatic heterocycles. The molecule has 0 spiro atoms. The van der Waals surface area contributed by atoms with Gasteiger partial charge in [-0.3, -0.25) is 9.69 Å². The molecule has 0 aliphatic carbocycles. The summed E-state index contributed by atoms with van der Waals surface area (Å²) in [6.07, 6.45) is 4.30. The van der Waals surface area contributed by atoms with Gasteiger partial charge in [0.15, 0.2) is 5.78 Å². The number of carbonyl (C=O) groups is 1. The van der Waals surface area contributed by atoms with E-state index in [0.717, 1.165) is 30.8 Å². The minimum atomic E-state index is -0.249. The Balaban J connectivity index is 2.29. The van der Waals surface area contributed by atoms with E-state index in [1.807, 2.05) is 17.5 Å². The first kappa shape index (κ1) is 12.8. The standard InChI is InChI=1S/C14H21NOS/c1-3-14(4-2,15-9-5-6-10-15)13(16)12-8-7-11-17-12/h7-8,11H,3-6,9-10H2,1-2H3. The monoisotopic (exact) mass is 251 g/mol. The van der Waals surface area contributed by atoms with Crippen molar-refractivity contribution in [1.82, 2.24) is 4.90 Å². The normalized spacial score (nSPS) is 17.5. The minimum absolute atomic E-state index is 0.249. The molecule has 2 rings (SSSR count). The number of ketones is 1. The summed E-state index contributed by atoms with van der Waals surface area (Å²) in [5.74, 6) is 0.333. The van der Waals surface area contributed by atoms with Gasteiger partial charge in [-0.15, -0.1) is 11.3 Å². The molecule has 94 valence electrons. The van der Waals surface area contributed by atoms with Crippen LogP contribution in [0.25, 0.3) is 0 Å². The molecular formula is C14H21NOS. The largest absolute Gasteiger partial charge is 0.291 e. The molecule has 1 saturated heterocycles. The lowest BCUT2D eigenvalue weighted by molar-refractivity contribution is 0.0586. The van der Waals surface area contributed by atoms with Crippen molar-refractivity contribution in [3.05, 3.63) is 22.4 Å². The topological polar surface area (TPSA) is 20.3 Å². The second-order valence-electron chi connectivity index (χ2n) is 4.74. The zero-order chi connectivity index (χ0) is 12.3. The summed E-state index contributed by atoms with van der Waals surface area (Å²) in [4.78, 5) is 16.1. The lowest BCUT2D eigenvalue weighted by Gasteiger charge is -2.39. The Hall–Kier alpha value is -0.670. The molecule has 0 N–H and O–H groups in total. The van der Waals surface area contributed by atoms with Gasteiger partial charge >= 0.3 is 0 Å². The molecule has 2 heterocycles. The van der Waals surface area contributed by atoms with Crippen molar-refractivity contribution < 1.29 is 4.79 Å². The molecule has 17 heavy (non-hydrogen) atoms. The first-order valence-electron chi connectivity index (χ1n) is 6.58. The SMILES string of the molecule is CCC(CC)(C(=O)c1cccs1)N1CCCC1. The maximum atomic E-state index is 12.7. The zero-order valence-electron chi connectivity index (χ0n) is 10.7. The van der Waals surface area contributed by atoms with E-state index in [0.29, 0.717) is 5.78 Å². The number of nitrogens with zero attached hydrogens (tertiary/aromatic N) is 1. The highest BCUT2D eigenvalue weighted by molar-refractivity contribution is 7.12. The van der Waals surface area contributed by atoms with E-state index < -0.39 is 0 Å². The van der Waals surface area contributed by atoms with Crippen LogP contribution in [0.2, 0.25) is 0 Å². The van der Waals surface area contributed by atoms with Gasteiger partial charge in [0.2, 0.25) is 0 Å². The van der Waals surface area contributed by atoms with Crippen LogP contribution >= 0.6 is 11.3 Å². The van der Waals surface area contributed by atoms with Gasteiger partial charge in [0.1, 0.15) is 0 Å². The Morgan fingerprint density at radius 3 is 2.47 bits per heavy atom. The fourth-order valence-corrected chi connectivity index (χ4v) is 3.70. The van der Waals surface area contributed by atoms with Crippen molar-refractivity contribution in [2.75, 3.05) is 13.1 Å².